The fourth-order valence-electron chi connectivity index (χ4n) is 1.17. The molecule has 3 amide bonds. The zero-order chi connectivity index (χ0) is 13.4. The van der Waals surface area contributed by atoms with E-state index in [1.165, 1.54) is 13.3 Å². The quantitative estimate of drug-likeness (QED) is 0.705. The van der Waals surface area contributed by atoms with Crippen LogP contribution in [0.2, 0.25) is 0 Å². The molecule has 1 heterocycles. The number of ether oxygens (including phenoxy) is 1. The Balaban J connectivity index is 2.37. The van der Waals surface area contributed by atoms with Gasteiger partial charge in [-0.2, -0.15) is 0 Å². The van der Waals surface area contributed by atoms with E-state index in [4.69, 9.17) is 4.74 Å². The van der Waals surface area contributed by atoms with Crippen LogP contribution in [0.25, 0.3) is 0 Å². The molecule has 7 nitrogen and oxygen atoms in total. The van der Waals surface area contributed by atoms with Gasteiger partial charge in [-0.25, -0.2) is 9.78 Å². The van der Waals surface area contributed by atoms with E-state index in [2.05, 4.69) is 20.9 Å². The molecule has 18 heavy (non-hydrogen) atoms. The average molecular weight is 252 g/mol. The summed E-state index contributed by atoms with van der Waals surface area (Å²) in [6.07, 6.45) is 1.46. The third-order valence-corrected chi connectivity index (χ3v) is 1.99. The predicted molar refractivity (Wildman–Crippen MR) is 66.5 cm³/mol. The van der Waals surface area contributed by atoms with Crippen molar-refractivity contribution in [2.24, 2.45) is 0 Å². The lowest BCUT2D eigenvalue weighted by Crippen LogP contribution is -2.38. The van der Waals surface area contributed by atoms with Crippen molar-refractivity contribution >= 4 is 17.6 Å². The molecule has 0 aliphatic heterocycles. The summed E-state index contributed by atoms with van der Waals surface area (Å²) in [4.78, 5) is 26.4. The van der Waals surface area contributed by atoms with E-state index < -0.39 is 6.03 Å². The second-order valence-corrected chi connectivity index (χ2v) is 3.35. The highest BCUT2D eigenvalue weighted by Crippen LogP contribution is 2.10. The van der Waals surface area contributed by atoms with Crippen LogP contribution in [-0.2, 0) is 4.79 Å². The Morgan fingerprint density at radius 3 is 2.67 bits per heavy atom. The van der Waals surface area contributed by atoms with E-state index in [1.807, 2.05) is 0 Å². The molecule has 1 aromatic heterocycles. The largest absolute Gasteiger partial charge is 0.481 e. The SMILES string of the molecule is CCNC(=O)CNC(=O)Nc1ccc(OC)nc1. The van der Waals surface area contributed by atoms with Crippen molar-refractivity contribution in [3.05, 3.63) is 18.3 Å². The first kappa shape index (κ1) is 13.8. The first-order chi connectivity index (χ1) is 8.65. The summed E-state index contributed by atoms with van der Waals surface area (Å²) in [5, 5.41) is 7.54. The summed E-state index contributed by atoms with van der Waals surface area (Å²) in [7, 11) is 1.51. The van der Waals surface area contributed by atoms with E-state index >= 15 is 0 Å². The molecule has 7 heteroatoms. The number of hydrogen-bond acceptors (Lipinski definition) is 4. The number of anilines is 1. The average Bonchev–Trinajstić information content (AvgIpc) is 2.38. The van der Waals surface area contributed by atoms with Gasteiger partial charge in [-0.15, -0.1) is 0 Å². The molecule has 0 saturated carbocycles. The number of pyridine rings is 1. The van der Waals surface area contributed by atoms with Crippen LogP contribution >= 0.6 is 0 Å². The fourth-order valence-corrected chi connectivity index (χ4v) is 1.17. The number of amides is 3. The number of nitrogens with one attached hydrogen (secondary N) is 3. The molecule has 1 aromatic rings. The number of nitrogens with zero attached hydrogens (tertiary/aromatic N) is 1. The minimum atomic E-state index is -0.465. The third-order valence-electron chi connectivity index (χ3n) is 1.99. The van der Waals surface area contributed by atoms with E-state index in [9.17, 15) is 9.59 Å². The Labute approximate surface area is 105 Å². The first-order valence-corrected chi connectivity index (χ1v) is 5.47. The second-order valence-electron chi connectivity index (χ2n) is 3.35. The van der Waals surface area contributed by atoms with Crippen LogP contribution in [-0.4, -0.2) is 37.1 Å². The molecule has 0 aliphatic rings. The van der Waals surface area contributed by atoms with E-state index in [1.54, 1.807) is 19.1 Å². The Kier molecular flexibility index (Phi) is 5.43. The van der Waals surface area contributed by atoms with Crippen molar-refractivity contribution in [3.8, 4) is 5.88 Å². The van der Waals surface area contributed by atoms with Crippen LogP contribution in [0.5, 0.6) is 5.88 Å². The summed E-state index contributed by atoms with van der Waals surface area (Å²) < 4.78 is 4.89. The number of rotatable bonds is 5. The molecule has 0 bridgehead atoms. The Morgan fingerprint density at radius 1 is 1.33 bits per heavy atom. The summed E-state index contributed by atoms with van der Waals surface area (Å²) in [5.41, 5.74) is 0.518. The topological polar surface area (TPSA) is 92.4 Å². The van der Waals surface area contributed by atoms with Gasteiger partial charge in [0, 0.05) is 12.6 Å². The molecule has 0 saturated heterocycles. The van der Waals surface area contributed by atoms with Crippen LogP contribution in [0.4, 0.5) is 10.5 Å². The van der Waals surface area contributed by atoms with Gasteiger partial charge in [-0.05, 0) is 13.0 Å². The van der Waals surface area contributed by atoms with Gasteiger partial charge in [0.2, 0.25) is 11.8 Å². The minimum Gasteiger partial charge on any atom is -0.481 e. The van der Waals surface area contributed by atoms with E-state index in [0.29, 0.717) is 18.1 Å². The van der Waals surface area contributed by atoms with Crippen molar-refractivity contribution in [2.75, 3.05) is 25.5 Å². The summed E-state index contributed by atoms with van der Waals surface area (Å²) in [6.45, 7) is 2.27. The Hall–Kier alpha value is -2.31. The monoisotopic (exact) mass is 252 g/mol. The molecular weight excluding hydrogens is 236 g/mol. The lowest BCUT2D eigenvalue weighted by molar-refractivity contribution is -0.119. The lowest BCUT2D eigenvalue weighted by atomic mass is 10.4. The number of likely N-dealkylation sites (N-methyl/N-ethyl adjacent to an activating group) is 1. The minimum absolute atomic E-state index is 0.0662. The maximum atomic E-state index is 11.4. The van der Waals surface area contributed by atoms with Gasteiger partial charge in [-0.1, -0.05) is 0 Å². The number of urea groups is 1. The van der Waals surface area contributed by atoms with Crippen LogP contribution in [0, 0.1) is 0 Å². The van der Waals surface area contributed by atoms with Gasteiger partial charge < -0.3 is 20.7 Å². The molecular formula is C11H16N4O3. The van der Waals surface area contributed by atoms with Gasteiger partial charge in [0.25, 0.3) is 0 Å². The van der Waals surface area contributed by atoms with Gasteiger partial charge in [0.05, 0.1) is 25.5 Å². The molecule has 0 atom stereocenters. The van der Waals surface area contributed by atoms with Gasteiger partial charge in [0.1, 0.15) is 0 Å². The van der Waals surface area contributed by atoms with Gasteiger partial charge in [0.15, 0.2) is 0 Å². The number of aromatic nitrogens is 1. The zero-order valence-electron chi connectivity index (χ0n) is 10.3. The molecule has 0 unspecified atom stereocenters. The molecule has 98 valence electrons. The van der Waals surface area contributed by atoms with Gasteiger partial charge in [-0.3, -0.25) is 4.79 Å². The standard InChI is InChI=1S/C11H16N4O3/c1-3-12-9(16)7-14-11(17)15-8-4-5-10(18-2)13-6-8/h4-6H,3,7H2,1-2H3,(H,12,16)(H2,14,15,17). The van der Waals surface area contributed by atoms with E-state index in [-0.39, 0.29) is 12.5 Å². The van der Waals surface area contributed by atoms with Crippen molar-refractivity contribution in [1.29, 1.82) is 0 Å². The smallest absolute Gasteiger partial charge is 0.319 e. The number of carbonyl (C=O) groups excluding carboxylic acids is 2. The highest BCUT2D eigenvalue weighted by Gasteiger charge is 2.04. The van der Waals surface area contributed by atoms with Crippen LogP contribution in [0.3, 0.4) is 0 Å². The highest BCUT2D eigenvalue weighted by molar-refractivity contribution is 5.92. The molecule has 0 fully saturated rings. The number of methoxy groups -OCH3 is 1. The zero-order valence-corrected chi connectivity index (χ0v) is 10.3. The van der Waals surface area contributed by atoms with Crippen LogP contribution in [0.15, 0.2) is 18.3 Å². The maximum Gasteiger partial charge on any atom is 0.319 e. The number of hydrogen-bond donors (Lipinski definition) is 3. The highest BCUT2D eigenvalue weighted by atomic mass is 16.5. The van der Waals surface area contributed by atoms with Crippen molar-refractivity contribution < 1.29 is 14.3 Å². The molecule has 1 rings (SSSR count). The summed E-state index contributed by atoms with van der Waals surface area (Å²) >= 11 is 0. The maximum absolute atomic E-state index is 11.4. The summed E-state index contributed by atoms with van der Waals surface area (Å²) in [5.74, 6) is 0.226. The molecule has 0 aromatic carbocycles. The molecule has 0 aliphatic carbocycles. The fraction of sp³-hybridized carbons (Fsp3) is 0.364. The Morgan fingerprint density at radius 2 is 2.11 bits per heavy atom. The van der Waals surface area contributed by atoms with Crippen LogP contribution in [0.1, 0.15) is 6.92 Å². The van der Waals surface area contributed by atoms with Crippen molar-refractivity contribution in [1.82, 2.24) is 15.6 Å². The van der Waals surface area contributed by atoms with E-state index in [0.717, 1.165) is 0 Å². The van der Waals surface area contributed by atoms with Crippen molar-refractivity contribution in [2.45, 2.75) is 6.92 Å². The van der Waals surface area contributed by atoms with Crippen LogP contribution < -0.4 is 20.7 Å². The lowest BCUT2D eigenvalue weighted by Gasteiger charge is -2.07. The van der Waals surface area contributed by atoms with Crippen molar-refractivity contribution in [3.63, 3.8) is 0 Å². The normalized spacial score (nSPS) is 9.44. The molecule has 0 radical (unpaired) electrons. The third kappa shape index (κ3) is 4.69. The number of carbonyl (C=O) groups is 2. The molecule has 3 N–H and O–H groups in total. The predicted octanol–water partition coefficient (Wildman–Crippen LogP) is 0.348. The first-order valence-electron chi connectivity index (χ1n) is 5.47. The Bertz CT molecular complexity index is 405. The second kappa shape index (κ2) is 7.10. The summed E-state index contributed by atoms with van der Waals surface area (Å²) in [6, 6.07) is 2.81. The van der Waals surface area contributed by atoms with Gasteiger partial charge >= 0.3 is 6.03 Å². The molecule has 0 spiro atoms.